The number of ketones is 1. The van der Waals surface area contributed by atoms with Gasteiger partial charge in [0.2, 0.25) is 10.0 Å². The van der Waals surface area contributed by atoms with Crippen molar-refractivity contribution in [2.75, 3.05) is 0 Å². The zero-order valence-electron chi connectivity index (χ0n) is 11.8. The lowest BCUT2D eigenvalue weighted by Crippen LogP contribution is -2.24. The molecule has 0 fully saturated rings. The van der Waals surface area contributed by atoms with Gasteiger partial charge in [0.15, 0.2) is 5.78 Å². The van der Waals surface area contributed by atoms with E-state index in [9.17, 15) is 13.2 Å². The van der Waals surface area contributed by atoms with E-state index in [-0.39, 0.29) is 17.2 Å². The van der Waals surface area contributed by atoms with Crippen LogP contribution in [0, 0.1) is 6.92 Å². The van der Waals surface area contributed by atoms with Gasteiger partial charge in [0, 0.05) is 11.3 Å². The third-order valence-electron chi connectivity index (χ3n) is 2.94. The molecule has 6 heteroatoms. The van der Waals surface area contributed by atoms with Crippen LogP contribution in [0.4, 0.5) is 0 Å². The maximum Gasteiger partial charge on any atom is 0.240 e. The predicted molar refractivity (Wildman–Crippen MR) is 79.4 cm³/mol. The van der Waals surface area contributed by atoms with E-state index in [1.807, 2.05) is 19.1 Å². The van der Waals surface area contributed by atoms with Gasteiger partial charge in [-0.3, -0.25) is 9.78 Å². The molecule has 0 saturated heterocycles. The van der Waals surface area contributed by atoms with Crippen molar-refractivity contribution in [3.8, 4) is 0 Å². The van der Waals surface area contributed by atoms with E-state index in [1.54, 1.807) is 18.2 Å². The highest BCUT2D eigenvalue weighted by atomic mass is 32.2. The second-order valence-corrected chi connectivity index (χ2v) is 6.45. The average Bonchev–Trinajstić information content (AvgIpc) is 2.45. The molecule has 1 aromatic carbocycles. The summed E-state index contributed by atoms with van der Waals surface area (Å²) in [6.45, 7) is 3.35. The van der Waals surface area contributed by atoms with Crippen molar-refractivity contribution in [3.05, 3.63) is 59.4 Å². The van der Waals surface area contributed by atoms with E-state index in [2.05, 4.69) is 9.71 Å². The summed E-state index contributed by atoms with van der Waals surface area (Å²) in [7, 11) is -3.67. The van der Waals surface area contributed by atoms with E-state index in [1.165, 1.54) is 19.1 Å². The number of Topliss-reactive ketones (excluding diaryl/α,β-unsaturated/α-hetero) is 1. The second kappa shape index (κ2) is 6.15. The minimum Gasteiger partial charge on any atom is -0.295 e. The molecular weight excluding hydrogens is 288 g/mol. The predicted octanol–water partition coefficient (Wildman–Crippen LogP) is 2.07. The van der Waals surface area contributed by atoms with Crippen LogP contribution in [0.5, 0.6) is 0 Å². The number of pyridine rings is 1. The van der Waals surface area contributed by atoms with Gasteiger partial charge in [-0.2, -0.15) is 0 Å². The first-order valence-electron chi connectivity index (χ1n) is 6.42. The molecule has 0 aliphatic rings. The molecule has 0 aliphatic heterocycles. The van der Waals surface area contributed by atoms with Gasteiger partial charge >= 0.3 is 0 Å². The lowest BCUT2D eigenvalue weighted by atomic mass is 10.2. The number of aromatic nitrogens is 1. The highest BCUT2D eigenvalue weighted by molar-refractivity contribution is 7.89. The summed E-state index contributed by atoms with van der Waals surface area (Å²) in [6.07, 6.45) is 0. The maximum absolute atomic E-state index is 12.2. The Morgan fingerprint density at radius 3 is 2.57 bits per heavy atom. The number of aryl methyl sites for hydroxylation is 1. The number of sulfonamides is 1. The Kier molecular flexibility index (Phi) is 4.50. The molecule has 2 aromatic rings. The molecule has 0 atom stereocenters. The average molecular weight is 304 g/mol. The van der Waals surface area contributed by atoms with Crippen LogP contribution in [-0.4, -0.2) is 19.2 Å². The fourth-order valence-corrected chi connectivity index (χ4v) is 2.88. The summed E-state index contributed by atoms with van der Waals surface area (Å²) in [5.41, 5.74) is 1.83. The van der Waals surface area contributed by atoms with Crippen molar-refractivity contribution < 1.29 is 13.2 Å². The molecule has 5 nitrogen and oxygen atoms in total. The highest BCUT2D eigenvalue weighted by Gasteiger charge is 2.15. The summed E-state index contributed by atoms with van der Waals surface area (Å²) in [6, 6.07) is 11.4. The Balaban J connectivity index is 2.19. The van der Waals surface area contributed by atoms with Gasteiger partial charge in [0.25, 0.3) is 0 Å². The summed E-state index contributed by atoms with van der Waals surface area (Å²) in [4.78, 5) is 15.6. The van der Waals surface area contributed by atoms with Crippen molar-refractivity contribution >= 4 is 15.8 Å². The number of hydrogen-bond donors (Lipinski definition) is 1. The maximum atomic E-state index is 12.2. The molecular formula is C15H16N2O3S. The molecule has 0 spiro atoms. The fourth-order valence-electron chi connectivity index (χ4n) is 1.83. The minimum atomic E-state index is -3.67. The first-order valence-corrected chi connectivity index (χ1v) is 7.90. The molecule has 1 heterocycles. The molecule has 1 N–H and O–H groups in total. The van der Waals surface area contributed by atoms with Gasteiger partial charge < -0.3 is 0 Å². The van der Waals surface area contributed by atoms with Crippen LogP contribution in [0.3, 0.4) is 0 Å². The molecule has 0 saturated carbocycles. The molecule has 2 rings (SSSR count). The molecule has 0 radical (unpaired) electrons. The summed E-state index contributed by atoms with van der Waals surface area (Å²) < 4.78 is 26.9. The molecule has 0 amide bonds. The van der Waals surface area contributed by atoms with Crippen LogP contribution in [-0.2, 0) is 16.6 Å². The zero-order chi connectivity index (χ0) is 15.5. The van der Waals surface area contributed by atoms with E-state index >= 15 is 0 Å². The topological polar surface area (TPSA) is 76.1 Å². The third-order valence-corrected chi connectivity index (χ3v) is 4.34. The van der Waals surface area contributed by atoms with Crippen LogP contribution < -0.4 is 4.72 Å². The highest BCUT2D eigenvalue weighted by Crippen LogP contribution is 2.12. The van der Waals surface area contributed by atoms with E-state index in [0.717, 1.165) is 5.69 Å². The Labute approximate surface area is 124 Å². The number of nitrogens with one attached hydrogen (secondary N) is 1. The lowest BCUT2D eigenvalue weighted by molar-refractivity contribution is 0.101. The quantitative estimate of drug-likeness (QED) is 0.858. The summed E-state index contributed by atoms with van der Waals surface area (Å²) in [5, 5.41) is 0. The number of hydrogen-bond acceptors (Lipinski definition) is 4. The molecule has 21 heavy (non-hydrogen) atoms. The zero-order valence-corrected chi connectivity index (χ0v) is 12.6. The number of rotatable bonds is 5. The van der Waals surface area contributed by atoms with E-state index in [4.69, 9.17) is 0 Å². The monoisotopic (exact) mass is 304 g/mol. The summed E-state index contributed by atoms with van der Waals surface area (Å²) >= 11 is 0. The van der Waals surface area contributed by atoms with Gasteiger partial charge in [0.1, 0.15) is 0 Å². The SMILES string of the molecule is CC(=O)c1cccc(S(=O)(=O)NCc2cccc(C)n2)c1. The Bertz CT molecular complexity index is 770. The number of benzene rings is 1. The lowest BCUT2D eigenvalue weighted by Gasteiger charge is -2.07. The van der Waals surface area contributed by atoms with Crippen LogP contribution in [0.15, 0.2) is 47.4 Å². The van der Waals surface area contributed by atoms with Crippen molar-refractivity contribution in [2.24, 2.45) is 0 Å². The van der Waals surface area contributed by atoms with E-state index < -0.39 is 10.0 Å². The molecule has 110 valence electrons. The van der Waals surface area contributed by atoms with Crippen LogP contribution in [0.1, 0.15) is 28.7 Å². The van der Waals surface area contributed by atoms with Gasteiger partial charge in [-0.25, -0.2) is 13.1 Å². The van der Waals surface area contributed by atoms with Crippen molar-refractivity contribution in [1.82, 2.24) is 9.71 Å². The Morgan fingerprint density at radius 1 is 1.19 bits per heavy atom. The van der Waals surface area contributed by atoms with Gasteiger partial charge in [-0.15, -0.1) is 0 Å². The number of nitrogens with zero attached hydrogens (tertiary/aromatic N) is 1. The molecule has 1 aromatic heterocycles. The van der Waals surface area contributed by atoms with Gasteiger partial charge in [-0.05, 0) is 38.1 Å². The first-order chi connectivity index (χ1) is 9.88. The van der Waals surface area contributed by atoms with Crippen LogP contribution in [0.2, 0.25) is 0 Å². The van der Waals surface area contributed by atoms with E-state index in [0.29, 0.717) is 11.3 Å². The molecule has 0 aliphatic carbocycles. The normalized spacial score (nSPS) is 11.3. The van der Waals surface area contributed by atoms with Crippen LogP contribution in [0.25, 0.3) is 0 Å². The van der Waals surface area contributed by atoms with Gasteiger partial charge in [-0.1, -0.05) is 18.2 Å². The summed E-state index contributed by atoms with van der Waals surface area (Å²) in [5.74, 6) is -0.174. The van der Waals surface area contributed by atoms with Crippen LogP contribution >= 0.6 is 0 Å². The standard InChI is InChI=1S/C15H16N2O3S/c1-11-5-3-7-14(17-11)10-16-21(19,20)15-8-4-6-13(9-15)12(2)18/h3-9,16H,10H2,1-2H3. The van der Waals surface area contributed by atoms with Crippen molar-refractivity contribution in [2.45, 2.75) is 25.3 Å². The first kappa shape index (κ1) is 15.3. The fraction of sp³-hybridized carbons (Fsp3) is 0.200. The Hall–Kier alpha value is -2.05. The van der Waals surface area contributed by atoms with Crippen molar-refractivity contribution in [3.63, 3.8) is 0 Å². The third kappa shape index (κ3) is 3.96. The second-order valence-electron chi connectivity index (χ2n) is 4.68. The smallest absolute Gasteiger partial charge is 0.240 e. The minimum absolute atomic E-state index is 0.0721. The number of carbonyl (C=O) groups excluding carboxylic acids is 1. The van der Waals surface area contributed by atoms with Gasteiger partial charge in [0.05, 0.1) is 17.1 Å². The largest absolute Gasteiger partial charge is 0.295 e. The molecule has 0 unspecified atom stereocenters. The number of carbonyl (C=O) groups is 1. The Morgan fingerprint density at radius 2 is 1.90 bits per heavy atom. The van der Waals surface area contributed by atoms with Crippen molar-refractivity contribution in [1.29, 1.82) is 0 Å². The molecule has 0 bridgehead atoms.